The number of para-hydroxylation sites is 1. The molecule has 2 aliphatic rings. The van der Waals surface area contributed by atoms with E-state index in [1.165, 1.54) is 0 Å². The molecule has 0 radical (unpaired) electrons. The van der Waals surface area contributed by atoms with E-state index < -0.39 is 0 Å². The van der Waals surface area contributed by atoms with Crippen LogP contribution in [0, 0.1) is 17.0 Å². The molecule has 0 amide bonds. The summed E-state index contributed by atoms with van der Waals surface area (Å²) >= 11 is 0. The van der Waals surface area contributed by atoms with E-state index in [9.17, 15) is 10.1 Å². The Hall–Kier alpha value is -2.64. The van der Waals surface area contributed by atoms with E-state index in [-0.39, 0.29) is 22.7 Å². The Morgan fingerprint density at radius 3 is 2.67 bits per heavy atom. The van der Waals surface area contributed by atoms with Crippen molar-refractivity contribution in [2.45, 2.75) is 25.4 Å². The van der Waals surface area contributed by atoms with Crippen LogP contribution >= 0.6 is 0 Å². The number of benzene rings is 2. The molecule has 2 saturated heterocycles. The van der Waals surface area contributed by atoms with Gasteiger partial charge in [0.05, 0.1) is 4.92 Å². The van der Waals surface area contributed by atoms with E-state index in [0.717, 1.165) is 31.6 Å². The normalized spacial score (nSPS) is 22.5. The quantitative estimate of drug-likeness (QED) is 0.660. The summed E-state index contributed by atoms with van der Waals surface area (Å²) in [5.41, 5.74) is 7.82. The molecule has 0 aliphatic carbocycles. The van der Waals surface area contributed by atoms with Crippen LogP contribution in [0.1, 0.15) is 12.0 Å². The Bertz CT molecular complexity index is 843. The first kappa shape index (κ1) is 17.8. The van der Waals surface area contributed by atoms with Crippen LogP contribution < -0.4 is 15.4 Å². The van der Waals surface area contributed by atoms with Gasteiger partial charge in [0.25, 0.3) is 5.69 Å². The highest BCUT2D eigenvalue weighted by Gasteiger charge is 2.38. The molecule has 2 heterocycles. The van der Waals surface area contributed by atoms with Crippen LogP contribution in [0.25, 0.3) is 0 Å². The van der Waals surface area contributed by atoms with Gasteiger partial charge in [0, 0.05) is 49.9 Å². The Balaban J connectivity index is 1.69. The highest BCUT2D eigenvalue weighted by Crippen LogP contribution is 2.40. The van der Waals surface area contributed by atoms with Crippen molar-refractivity contribution < 1.29 is 9.66 Å². The van der Waals surface area contributed by atoms with E-state index in [0.29, 0.717) is 23.7 Å². The number of ether oxygens (including phenoxy) is 1. The third-order valence-corrected chi connectivity index (χ3v) is 5.62. The number of piperazine rings is 1. The second-order valence-electron chi connectivity index (χ2n) is 7.23. The predicted octanol–water partition coefficient (Wildman–Crippen LogP) is 2.92. The van der Waals surface area contributed by atoms with Crippen LogP contribution in [0.2, 0.25) is 0 Å². The summed E-state index contributed by atoms with van der Waals surface area (Å²) in [6.45, 7) is 5.23. The number of anilines is 1. The third kappa shape index (κ3) is 3.36. The molecule has 7 heteroatoms. The number of hydrogen-bond acceptors (Lipinski definition) is 6. The van der Waals surface area contributed by atoms with Crippen LogP contribution in [-0.2, 0) is 0 Å². The average Bonchev–Trinajstić information content (AvgIpc) is 3.04. The van der Waals surface area contributed by atoms with Crippen molar-refractivity contribution in [3.8, 4) is 11.5 Å². The zero-order valence-electron chi connectivity index (χ0n) is 15.4. The van der Waals surface area contributed by atoms with Gasteiger partial charge >= 0.3 is 0 Å². The van der Waals surface area contributed by atoms with Crippen molar-refractivity contribution >= 4 is 11.4 Å². The number of hydrogen-bond donors (Lipinski definition) is 1. The van der Waals surface area contributed by atoms with E-state index in [1.54, 1.807) is 12.1 Å². The summed E-state index contributed by atoms with van der Waals surface area (Å²) in [6.07, 6.45) is 0.983. The molecule has 142 valence electrons. The van der Waals surface area contributed by atoms with Gasteiger partial charge in [0.15, 0.2) is 0 Å². The molecule has 0 aromatic heterocycles. The van der Waals surface area contributed by atoms with Crippen LogP contribution in [0.4, 0.5) is 11.4 Å². The van der Waals surface area contributed by atoms with Crippen LogP contribution in [0.3, 0.4) is 0 Å². The molecule has 2 aromatic rings. The van der Waals surface area contributed by atoms with E-state index in [1.807, 2.05) is 37.3 Å². The largest absolute Gasteiger partial charge is 0.457 e. The zero-order valence-corrected chi connectivity index (χ0v) is 15.4. The minimum Gasteiger partial charge on any atom is -0.457 e. The standard InChI is InChI=1S/C20H24N4O3/c1-14-19(27-15-5-3-2-4-6-15)8-7-17(24(25)26)20(14)23-12-11-22-10-9-16(21)18(22)13-23/h2-8,16,18H,9-13,21H2,1H3/t16-,18-/m0/s1. The molecule has 4 rings (SSSR count). The minimum absolute atomic E-state index is 0.118. The van der Waals surface area contributed by atoms with Crippen LogP contribution in [-0.4, -0.2) is 48.1 Å². The van der Waals surface area contributed by atoms with Gasteiger partial charge < -0.3 is 15.4 Å². The van der Waals surface area contributed by atoms with Crippen LogP contribution in [0.5, 0.6) is 11.5 Å². The summed E-state index contributed by atoms with van der Waals surface area (Å²) in [7, 11) is 0. The van der Waals surface area contributed by atoms with Crippen molar-refractivity contribution in [1.82, 2.24) is 4.90 Å². The first-order chi connectivity index (χ1) is 13.0. The predicted molar refractivity (Wildman–Crippen MR) is 105 cm³/mol. The van der Waals surface area contributed by atoms with Gasteiger partial charge in [-0.2, -0.15) is 0 Å². The topological polar surface area (TPSA) is 84.9 Å². The molecule has 0 bridgehead atoms. The zero-order chi connectivity index (χ0) is 19.0. The molecule has 2 aliphatic heterocycles. The SMILES string of the molecule is Cc1c(Oc2ccccc2)ccc([N+](=O)[O-])c1N1CCN2CC[C@H](N)[C@@H]2C1. The van der Waals surface area contributed by atoms with Gasteiger partial charge in [0.2, 0.25) is 0 Å². The van der Waals surface area contributed by atoms with Crippen molar-refractivity contribution in [3.05, 3.63) is 58.1 Å². The van der Waals surface area contributed by atoms with Crippen molar-refractivity contribution in [2.24, 2.45) is 5.73 Å². The number of nitrogens with two attached hydrogens (primary N) is 1. The molecule has 0 spiro atoms. The molecule has 2 aromatic carbocycles. The van der Waals surface area contributed by atoms with Crippen molar-refractivity contribution in [3.63, 3.8) is 0 Å². The van der Waals surface area contributed by atoms with E-state index in [4.69, 9.17) is 10.5 Å². The lowest BCUT2D eigenvalue weighted by molar-refractivity contribution is -0.384. The van der Waals surface area contributed by atoms with Gasteiger partial charge in [0.1, 0.15) is 17.2 Å². The summed E-state index contributed by atoms with van der Waals surface area (Å²) in [4.78, 5) is 15.9. The second-order valence-corrected chi connectivity index (χ2v) is 7.23. The first-order valence-corrected chi connectivity index (χ1v) is 9.30. The minimum atomic E-state index is -0.310. The Kier molecular flexibility index (Phi) is 4.72. The Morgan fingerprint density at radius 1 is 1.15 bits per heavy atom. The molecule has 0 saturated carbocycles. The Labute approximate surface area is 158 Å². The van der Waals surface area contributed by atoms with Crippen molar-refractivity contribution in [2.75, 3.05) is 31.1 Å². The van der Waals surface area contributed by atoms with E-state index >= 15 is 0 Å². The fourth-order valence-corrected chi connectivity index (χ4v) is 4.18. The fraction of sp³-hybridized carbons (Fsp3) is 0.400. The molecular weight excluding hydrogens is 344 g/mol. The molecule has 27 heavy (non-hydrogen) atoms. The monoisotopic (exact) mass is 368 g/mol. The summed E-state index contributed by atoms with van der Waals surface area (Å²) in [5, 5.41) is 11.7. The third-order valence-electron chi connectivity index (χ3n) is 5.62. The van der Waals surface area contributed by atoms with E-state index in [2.05, 4.69) is 9.80 Å². The van der Waals surface area contributed by atoms with Gasteiger partial charge in [-0.25, -0.2) is 0 Å². The van der Waals surface area contributed by atoms with Gasteiger partial charge in [-0.15, -0.1) is 0 Å². The maximum atomic E-state index is 11.7. The lowest BCUT2D eigenvalue weighted by Gasteiger charge is -2.40. The van der Waals surface area contributed by atoms with Gasteiger partial charge in [-0.3, -0.25) is 15.0 Å². The smallest absolute Gasteiger partial charge is 0.293 e. The number of fused-ring (bicyclic) bond motifs is 1. The summed E-state index contributed by atoms with van der Waals surface area (Å²) in [6, 6.07) is 13.1. The lowest BCUT2D eigenvalue weighted by Crippen LogP contribution is -2.55. The molecule has 7 nitrogen and oxygen atoms in total. The van der Waals surface area contributed by atoms with Gasteiger partial charge in [-0.1, -0.05) is 18.2 Å². The maximum absolute atomic E-state index is 11.7. The summed E-state index contributed by atoms with van der Waals surface area (Å²) < 4.78 is 6.00. The molecule has 2 atom stereocenters. The van der Waals surface area contributed by atoms with Gasteiger partial charge in [-0.05, 0) is 31.5 Å². The number of nitrogens with zero attached hydrogens (tertiary/aromatic N) is 3. The van der Waals surface area contributed by atoms with Crippen LogP contribution in [0.15, 0.2) is 42.5 Å². The number of nitro benzene ring substituents is 1. The average molecular weight is 368 g/mol. The lowest BCUT2D eigenvalue weighted by atomic mass is 10.0. The molecule has 2 fully saturated rings. The molecular formula is C20H24N4O3. The highest BCUT2D eigenvalue weighted by atomic mass is 16.6. The summed E-state index contributed by atoms with van der Waals surface area (Å²) in [5.74, 6) is 1.35. The highest BCUT2D eigenvalue weighted by molar-refractivity contribution is 5.72. The second kappa shape index (κ2) is 7.17. The van der Waals surface area contributed by atoms with Crippen molar-refractivity contribution in [1.29, 1.82) is 0 Å². The number of rotatable bonds is 4. The fourth-order valence-electron chi connectivity index (χ4n) is 4.18. The maximum Gasteiger partial charge on any atom is 0.293 e. The Morgan fingerprint density at radius 2 is 1.93 bits per heavy atom. The first-order valence-electron chi connectivity index (χ1n) is 9.30. The number of nitro groups is 1. The molecule has 2 N–H and O–H groups in total. The molecule has 0 unspecified atom stereocenters.